The number of pyridine rings is 1. The molecule has 1 saturated heterocycles. The lowest BCUT2D eigenvalue weighted by Gasteiger charge is -2.38. The minimum Gasteiger partial charge on any atom is -0.385 e. The van der Waals surface area contributed by atoms with E-state index in [1.165, 1.54) is 23.2 Å². The highest BCUT2D eigenvalue weighted by Crippen LogP contribution is 2.33. The van der Waals surface area contributed by atoms with E-state index in [1.807, 2.05) is 18.2 Å². The molecule has 38 heavy (non-hydrogen) atoms. The number of carbonyl (C=O) groups is 1. The molecule has 1 aliphatic rings. The Kier molecular flexibility index (Phi) is 8.15. The number of carbonyl (C=O) groups excluding carboxylic acids is 1. The minimum absolute atomic E-state index is 0.0293. The first-order valence-electron chi connectivity index (χ1n) is 11.9. The van der Waals surface area contributed by atoms with Crippen LogP contribution in [0, 0.1) is 0 Å². The van der Waals surface area contributed by atoms with Crippen LogP contribution in [-0.4, -0.2) is 48.9 Å². The first kappa shape index (κ1) is 27.3. The maximum atomic E-state index is 14.6. The molecule has 3 aromatic rings. The smallest absolute Gasteiger partial charge is 0.256 e. The molecule has 0 spiro atoms. The number of nitrogens with zero attached hydrogens (tertiary/aromatic N) is 2. The van der Waals surface area contributed by atoms with Crippen LogP contribution < -0.4 is 4.72 Å². The van der Waals surface area contributed by atoms with Gasteiger partial charge in [-0.1, -0.05) is 61.2 Å². The van der Waals surface area contributed by atoms with Crippen LogP contribution in [0.4, 0.5) is 8.78 Å². The van der Waals surface area contributed by atoms with E-state index in [1.54, 1.807) is 36.4 Å². The summed E-state index contributed by atoms with van der Waals surface area (Å²) in [7, 11) is -3.99. The average Bonchev–Trinajstić information content (AvgIpc) is 2.93. The molecule has 4 rings (SSSR count). The van der Waals surface area contributed by atoms with Gasteiger partial charge in [-0.2, -0.15) is 0 Å². The topological polar surface area (TPSA) is 99.6 Å². The monoisotopic (exact) mass is 539 g/mol. The van der Waals surface area contributed by atoms with E-state index in [0.717, 1.165) is 11.6 Å². The summed E-state index contributed by atoms with van der Waals surface area (Å²) in [4.78, 5) is 18.5. The van der Waals surface area contributed by atoms with Crippen LogP contribution in [0.5, 0.6) is 0 Å². The fraction of sp³-hybridized carbons (Fsp3) is 0.214. The molecule has 0 bridgehead atoms. The van der Waals surface area contributed by atoms with E-state index in [2.05, 4.69) is 16.3 Å². The van der Waals surface area contributed by atoms with E-state index in [0.29, 0.717) is 10.9 Å². The molecule has 198 valence electrons. The number of benzene rings is 2. The number of allylic oxidation sites excluding steroid dienone is 2. The Morgan fingerprint density at radius 2 is 1.76 bits per heavy atom. The van der Waals surface area contributed by atoms with Crippen LogP contribution in [0.2, 0.25) is 0 Å². The second-order valence-electron chi connectivity index (χ2n) is 8.91. The lowest BCUT2D eigenvalue weighted by molar-refractivity contribution is -0.131. The number of para-hydroxylation sites is 1. The Balaban J connectivity index is 1.46. The quantitative estimate of drug-likeness (QED) is 0.329. The second kappa shape index (κ2) is 11.3. The molecular formula is C28H27F2N3O4S. The fourth-order valence-corrected chi connectivity index (χ4v) is 5.53. The number of hydrogen-bond acceptors (Lipinski definition) is 5. The highest BCUT2D eigenvalue weighted by atomic mass is 32.2. The third-order valence-electron chi connectivity index (χ3n) is 6.45. The second-order valence-corrected chi connectivity index (χ2v) is 10.6. The minimum atomic E-state index is -3.99. The average molecular weight is 540 g/mol. The molecule has 2 heterocycles. The standard InChI is InChI=1S/C28H27F2N3O4S/c1-20(29)25(30)23(27(34)33-18-14-28(35,15-19-33)22-10-3-2-4-11-22)12-7-17-32-38(36,37)24-13-5-8-21-9-6-16-31-26(21)24/h2-13,16,32,35H,1,14-15,17-19H2/b12-7-,25-23-. The van der Waals surface area contributed by atoms with Gasteiger partial charge in [0.25, 0.3) is 5.91 Å². The normalized spacial score (nSPS) is 16.4. The lowest BCUT2D eigenvalue weighted by atomic mass is 9.84. The molecule has 1 aromatic heterocycles. The van der Waals surface area contributed by atoms with Gasteiger partial charge in [0, 0.05) is 31.2 Å². The fourth-order valence-electron chi connectivity index (χ4n) is 4.38. The first-order valence-corrected chi connectivity index (χ1v) is 13.4. The predicted molar refractivity (Wildman–Crippen MR) is 141 cm³/mol. The summed E-state index contributed by atoms with van der Waals surface area (Å²) >= 11 is 0. The van der Waals surface area contributed by atoms with Gasteiger partial charge < -0.3 is 10.0 Å². The number of sulfonamides is 1. The van der Waals surface area contributed by atoms with Crippen LogP contribution in [-0.2, 0) is 20.4 Å². The largest absolute Gasteiger partial charge is 0.385 e. The summed E-state index contributed by atoms with van der Waals surface area (Å²) in [6.45, 7) is 2.89. The molecule has 10 heteroatoms. The van der Waals surface area contributed by atoms with Crippen LogP contribution in [0.25, 0.3) is 10.9 Å². The van der Waals surface area contributed by atoms with Gasteiger partial charge in [-0.15, -0.1) is 0 Å². The van der Waals surface area contributed by atoms with Crippen molar-refractivity contribution in [1.82, 2.24) is 14.6 Å². The van der Waals surface area contributed by atoms with Gasteiger partial charge in [-0.3, -0.25) is 9.78 Å². The number of nitrogens with one attached hydrogen (secondary N) is 1. The number of fused-ring (bicyclic) bond motifs is 1. The van der Waals surface area contributed by atoms with Gasteiger partial charge in [-0.05, 0) is 36.6 Å². The van der Waals surface area contributed by atoms with Gasteiger partial charge in [-0.25, -0.2) is 21.9 Å². The molecule has 1 fully saturated rings. The van der Waals surface area contributed by atoms with Crippen molar-refractivity contribution in [2.75, 3.05) is 19.6 Å². The molecule has 7 nitrogen and oxygen atoms in total. The summed E-state index contributed by atoms with van der Waals surface area (Å²) < 4.78 is 56.4. The van der Waals surface area contributed by atoms with Gasteiger partial charge in [0.1, 0.15) is 4.90 Å². The van der Waals surface area contributed by atoms with E-state index < -0.39 is 38.8 Å². The maximum absolute atomic E-state index is 14.6. The van der Waals surface area contributed by atoms with Crippen molar-refractivity contribution in [3.63, 3.8) is 0 Å². The van der Waals surface area contributed by atoms with Gasteiger partial charge in [0.15, 0.2) is 11.7 Å². The number of rotatable bonds is 8. The van der Waals surface area contributed by atoms with Crippen molar-refractivity contribution in [1.29, 1.82) is 0 Å². The Bertz CT molecular complexity index is 1510. The third-order valence-corrected chi connectivity index (χ3v) is 7.91. The van der Waals surface area contributed by atoms with E-state index in [-0.39, 0.29) is 37.4 Å². The molecule has 0 atom stereocenters. The number of piperidine rings is 1. The Morgan fingerprint density at radius 1 is 1.08 bits per heavy atom. The lowest BCUT2D eigenvalue weighted by Crippen LogP contribution is -2.45. The molecule has 2 N–H and O–H groups in total. The van der Waals surface area contributed by atoms with Crippen molar-refractivity contribution in [2.24, 2.45) is 0 Å². The Hall–Kier alpha value is -3.73. The van der Waals surface area contributed by atoms with Crippen molar-refractivity contribution >= 4 is 26.8 Å². The van der Waals surface area contributed by atoms with Crippen LogP contribution in [0.3, 0.4) is 0 Å². The van der Waals surface area contributed by atoms with Crippen molar-refractivity contribution in [3.8, 4) is 0 Å². The molecule has 0 aliphatic carbocycles. The number of aromatic nitrogens is 1. The van der Waals surface area contributed by atoms with Crippen molar-refractivity contribution < 1.29 is 27.1 Å². The Labute approximate surface area is 219 Å². The van der Waals surface area contributed by atoms with Crippen LogP contribution in [0.15, 0.2) is 108 Å². The number of likely N-dealkylation sites (tertiary alicyclic amines) is 1. The summed E-state index contributed by atoms with van der Waals surface area (Å²) in [6.07, 6.45) is 4.17. The molecule has 1 amide bonds. The van der Waals surface area contributed by atoms with E-state index in [4.69, 9.17) is 0 Å². The number of hydrogen-bond donors (Lipinski definition) is 2. The van der Waals surface area contributed by atoms with Crippen molar-refractivity contribution in [2.45, 2.75) is 23.3 Å². The van der Waals surface area contributed by atoms with E-state index in [9.17, 15) is 27.1 Å². The zero-order valence-electron chi connectivity index (χ0n) is 20.5. The molecule has 2 aromatic carbocycles. The highest BCUT2D eigenvalue weighted by Gasteiger charge is 2.36. The molecule has 0 unspecified atom stereocenters. The zero-order chi connectivity index (χ0) is 27.3. The summed E-state index contributed by atoms with van der Waals surface area (Å²) in [6, 6.07) is 17.2. The van der Waals surface area contributed by atoms with Gasteiger partial charge in [0.2, 0.25) is 10.0 Å². The molecular weight excluding hydrogens is 512 g/mol. The van der Waals surface area contributed by atoms with Crippen LogP contribution in [0.1, 0.15) is 18.4 Å². The first-order chi connectivity index (χ1) is 18.1. The van der Waals surface area contributed by atoms with E-state index >= 15 is 0 Å². The third kappa shape index (κ3) is 5.88. The summed E-state index contributed by atoms with van der Waals surface area (Å²) in [5, 5.41) is 11.7. The highest BCUT2D eigenvalue weighted by molar-refractivity contribution is 7.89. The maximum Gasteiger partial charge on any atom is 0.256 e. The summed E-state index contributed by atoms with van der Waals surface area (Å²) in [5.74, 6) is -3.64. The SMILES string of the molecule is C=C(F)/C(F)=C(\C=C/CNS(=O)(=O)c1cccc2cccnc12)C(=O)N1CCC(O)(c2ccccc2)CC1. The van der Waals surface area contributed by atoms with Gasteiger partial charge in [0.05, 0.1) is 16.7 Å². The summed E-state index contributed by atoms with van der Waals surface area (Å²) in [5.41, 5.74) is -0.703. The molecule has 0 saturated carbocycles. The number of amides is 1. The molecule has 0 radical (unpaired) electrons. The van der Waals surface area contributed by atoms with Crippen LogP contribution >= 0.6 is 0 Å². The predicted octanol–water partition coefficient (Wildman–Crippen LogP) is 4.29. The van der Waals surface area contributed by atoms with Crippen molar-refractivity contribution in [3.05, 3.63) is 108 Å². The number of halogens is 2. The Morgan fingerprint density at radius 3 is 2.45 bits per heavy atom. The van der Waals surface area contributed by atoms with Gasteiger partial charge >= 0.3 is 0 Å². The number of aliphatic hydroxyl groups is 1. The zero-order valence-corrected chi connectivity index (χ0v) is 21.3. The molecule has 1 aliphatic heterocycles.